The Morgan fingerprint density at radius 1 is 1.05 bits per heavy atom. The van der Waals surface area contributed by atoms with Gasteiger partial charge in [0.15, 0.2) is 5.82 Å². The summed E-state index contributed by atoms with van der Waals surface area (Å²) in [6.45, 7) is 0. The van der Waals surface area contributed by atoms with Crippen LogP contribution in [0.2, 0.25) is 0 Å². The van der Waals surface area contributed by atoms with Crippen molar-refractivity contribution in [1.29, 1.82) is 0 Å². The SMILES string of the molecule is O=C(NNc1nc2ccccc2[nH]c1=S)c1ccccc1. The van der Waals surface area contributed by atoms with Gasteiger partial charge in [-0.15, -0.1) is 0 Å². The van der Waals surface area contributed by atoms with E-state index in [1.807, 2.05) is 30.3 Å². The third-order valence-corrected chi connectivity index (χ3v) is 3.23. The van der Waals surface area contributed by atoms with E-state index in [-0.39, 0.29) is 5.91 Å². The Bertz CT molecular complexity index is 845. The molecule has 0 saturated carbocycles. The Kier molecular flexibility index (Phi) is 3.61. The van der Waals surface area contributed by atoms with E-state index < -0.39 is 0 Å². The molecule has 0 aliphatic rings. The Morgan fingerprint density at radius 2 is 1.76 bits per heavy atom. The summed E-state index contributed by atoms with van der Waals surface area (Å²) in [6, 6.07) is 16.5. The quantitative estimate of drug-likeness (QED) is 0.513. The highest BCUT2D eigenvalue weighted by Gasteiger charge is 2.06. The van der Waals surface area contributed by atoms with Crippen LogP contribution in [0, 0.1) is 4.64 Å². The fourth-order valence-electron chi connectivity index (χ4n) is 1.89. The zero-order valence-electron chi connectivity index (χ0n) is 11.0. The number of nitrogens with zero attached hydrogens (tertiary/aromatic N) is 1. The number of carbonyl (C=O) groups excluding carboxylic acids is 1. The second-order valence-corrected chi connectivity index (χ2v) is 4.79. The summed E-state index contributed by atoms with van der Waals surface area (Å²) >= 11 is 5.22. The molecule has 21 heavy (non-hydrogen) atoms. The number of anilines is 1. The molecule has 0 aliphatic heterocycles. The van der Waals surface area contributed by atoms with Crippen molar-refractivity contribution in [2.75, 3.05) is 5.43 Å². The first-order valence-corrected chi connectivity index (χ1v) is 6.75. The van der Waals surface area contributed by atoms with Gasteiger partial charge in [0.2, 0.25) is 0 Å². The van der Waals surface area contributed by atoms with E-state index in [0.29, 0.717) is 16.0 Å². The van der Waals surface area contributed by atoms with Crippen LogP contribution in [0.1, 0.15) is 10.4 Å². The Balaban J connectivity index is 1.81. The molecule has 0 aliphatic carbocycles. The lowest BCUT2D eigenvalue weighted by Crippen LogP contribution is -2.30. The predicted molar refractivity (Wildman–Crippen MR) is 84.5 cm³/mol. The number of aromatic amines is 1. The first-order chi connectivity index (χ1) is 10.2. The molecule has 3 aromatic rings. The summed E-state index contributed by atoms with van der Waals surface area (Å²) in [7, 11) is 0. The first-order valence-electron chi connectivity index (χ1n) is 6.34. The average molecular weight is 296 g/mol. The lowest BCUT2D eigenvalue weighted by Gasteiger charge is -2.08. The lowest BCUT2D eigenvalue weighted by molar-refractivity contribution is 0.0962. The highest BCUT2D eigenvalue weighted by atomic mass is 32.1. The van der Waals surface area contributed by atoms with Crippen molar-refractivity contribution in [3.05, 3.63) is 64.8 Å². The first kappa shape index (κ1) is 13.3. The van der Waals surface area contributed by atoms with Gasteiger partial charge in [-0.1, -0.05) is 42.5 Å². The van der Waals surface area contributed by atoms with Crippen molar-refractivity contribution in [3.63, 3.8) is 0 Å². The fourth-order valence-corrected chi connectivity index (χ4v) is 2.10. The molecule has 3 N–H and O–H groups in total. The molecule has 1 aromatic heterocycles. The number of benzene rings is 2. The molecular weight excluding hydrogens is 284 g/mol. The number of amides is 1. The Morgan fingerprint density at radius 3 is 2.57 bits per heavy atom. The second-order valence-electron chi connectivity index (χ2n) is 4.38. The van der Waals surface area contributed by atoms with Crippen molar-refractivity contribution in [2.45, 2.75) is 0 Å². The highest BCUT2D eigenvalue weighted by Crippen LogP contribution is 2.12. The zero-order chi connectivity index (χ0) is 14.7. The van der Waals surface area contributed by atoms with Gasteiger partial charge in [0, 0.05) is 5.56 Å². The van der Waals surface area contributed by atoms with Crippen molar-refractivity contribution >= 4 is 35.0 Å². The zero-order valence-corrected chi connectivity index (χ0v) is 11.8. The van der Waals surface area contributed by atoms with Gasteiger partial charge in [-0.3, -0.25) is 15.6 Å². The molecule has 5 nitrogen and oxygen atoms in total. The standard InChI is InChI=1S/C15H12N4OS/c20-14(10-6-2-1-3-7-10)19-18-13-15(21)17-12-9-5-4-8-11(12)16-13/h1-9H,(H,16,18)(H,17,21)(H,19,20). The number of carbonyl (C=O) groups is 1. The molecule has 0 atom stereocenters. The number of hydrazine groups is 1. The van der Waals surface area contributed by atoms with E-state index in [9.17, 15) is 4.79 Å². The predicted octanol–water partition coefficient (Wildman–Crippen LogP) is 3.05. The summed E-state index contributed by atoms with van der Waals surface area (Å²) in [6.07, 6.45) is 0. The van der Waals surface area contributed by atoms with Gasteiger partial charge >= 0.3 is 0 Å². The second kappa shape index (κ2) is 5.72. The van der Waals surface area contributed by atoms with E-state index in [0.717, 1.165) is 11.0 Å². The normalized spacial score (nSPS) is 10.3. The average Bonchev–Trinajstić information content (AvgIpc) is 2.53. The van der Waals surface area contributed by atoms with Gasteiger partial charge in [-0.25, -0.2) is 4.98 Å². The van der Waals surface area contributed by atoms with Crippen LogP contribution in [0.15, 0.2) is 54.6 Å². The van der Waals surface area contributed by atoms with Crippen molar-refractivity contribution in [1.82, 2.24) is 15.4 Å². The van der Waals surface area contributed by atoms with Gasteiger partial charge in [-0.05, 0) is 24.3 Å². The van der Waals surface area contributed by atoms with E-state index in [2.05, 4.69) is 20.8 Å². The molecule has 0 radical (unpaired) electrons. The molecule has 0 spiro atoms. The number of para-hydroxylation sites is 2. The molecule has 6 heteroatoms. The Hall–Kier alpha value is -2.73. The summed E-state index contributed by atoms with van der Waals surface area (Å²) in [5, 5.41) is 0. The molecule has 2 aromatic carbocycles. The third kappa shape index (κ3) is 2.90. The minimum absolute atomic E-state index is 0.250. The van der Waals surface area contributed by atoms with E-state index >= 15 is 0 Å². The number of aromatic nitrogens is 2. The minimum atomic E-state index is -0.250. The topological polar surface area (TPSA) is 69.8 Å². The maximum absolute atomic E-state index is 11.9. The lowest BCUT2D eigenvalue weighted by atomic mass is 10.2. The maximum Gasteiger partial charge on any atom is 0.269 e. The number of rotatable bonds is 3. The maximum atomic E-state index is 11.9. The minimum Gasteiger partial charge on any atom is -0.342 e. The largest absolute Gasteiger partial charge is 0.342 e. The summed E-state index contributed by atoms with van der Waals surface area (Å²) in [5.74, 6) is 0.160. The van der Waals surface area contributed by atoms with Crippen LogP contribution in [0.5, 0.6) is 0 Å². The van der Waals surface area contributed by atoms with Gasteiger partial charge in [0.1, 0.15) is 4.64 Å². The molecular formula is C15H12N4OS. The van der Waals surface area contributed by atoms with Gasteiger partial charge in [0.25, 0.3) is 5.91 Å². The van der Waals surface area contributed by atoms with E-state index in [1.165, 1.54) is 0 Å². The number of hydrogen-bond donors (Lipinski definition) is 3. The van der Waals surface area contributed by atoms with Crippen LogP contribution < -0.4 is 10.9 Å². The number of H-pyrrole nitrogens is 1. The van der Waals surface area contributed by atoms with Crippen LogP contribution in [0.25, 0.3) is 11.0 Å². The van der Waals surface area contributed by atoms with Crippen molar-refractivity contribution in [2.24, 2.45) is 0 Å². The van der Waals surface area contributed by atoms with Crippen molar-refractivity contribution in [3.8, 4) is 0 Å². The molecule has 0 unspecified atom stereocenters. The monoisotopic (exact) mass is 296 g/mol. The molecule has 0 fully saturated rings. The van der Waals surface area contributed by atoms with Crippen LogP contribution in [-0.4, -0.2) is 15.9 Å². The summed E-state index contributed by atoms with van der Waals surface area (Å²) in [4.78, 5) is 19.4. The van der Waals surface area contributed by atoms with Gasteiger partial charge < -0.3 is 4.98 Å². The molecule has 104 valence electrons. The number of fused-ring (bicyclic) bond motifs is 1. The van der Waals surface area contributed by atoms with E-state index in [4.69, 9.17) is 12.2 Å². The smallest absolute Gasteiger partial charge is 0.269 e. The van der Waals surface area contributed by atoms with Crippen LogP contribution in [-0.2, 0) is 0 Å². The fraction of sp³-hybridized carbons (Fsp3) is 0. The van der Waals surface area contributed by atoms with Crippen LogP contribution in [0.4, 0.5) is 5.82 Å². The molecule has 1 amide bonds. The highest BCUT2D eigenvalue weighted by molar-refractivity contribution is 7.71. The summed E-state index contributed by atoms with van der Waals surface area (Å²) in [5.41, 5.74) is 7.51. The third-order valence-electron chi connectivity index (χ3n) is 2.93. The molecule has 0 saturated heterocycles. The molecule has 3 rings (SSSR count). The van der Waals surface area contributed by atoms with Gasteiger partial charge in [-0.2, -0.15) is 0 Å². The van der Waals surface area contributed by atoms with Crippen molar-refractivity contribution < 1.29 is 4.79 Å². The summed E-state index contributed by atoms with van der Waals surface area (Å²) < 4.78 is 0.432. The molecule has 0 bridgehead atoms. The number of nitrogens with one attached hydrogen (secondary N) is 3. The van der Waals surface area contributed by atoms with Crippen LogP contribution >= 0.6 is 12.2 Å². The number of hydrogen-bond acceptors (Lipinski definition) is 4. The van der Waals surface area contributed by atoms with E-state index in [1.54, 1.807) is 24.3 Å². The van der Waals surface area contributed by atoms with Gasteiger partial charge in [0.05, 0.1) is 11.0 Å². The van der Waals surface area contributed by atoms with Crippen LogP contribution in [0.3, 0.4) is 0 Å². The Labute approximate surface area is 126 Å². The molecule has 1 heterocycles.